The van der Waals surface area contributed by atoms with Gasteiger partial charge in [0.05, 0.1) is 18.4 Å². The van der Waals surface area contributed by atoms with E-state index in [1.807, 2.05) is 6.92 Å². The van der Waals surface area contributed by atoms with Crippen LogP contribution in [-0.4, -0.2) is 27.2 Å². The molecule has 0 fully saturated rings. The average Bonchev–Trinajstić information content (AvgIpc) is 2.44. The normalized spacial score (nSPS) is 11.0. The first-order valence-corrected chi connectivity index (χ1v) is 8.40. The zero-order chi connectivity index (χ0) is 15.9. The van der Waals surface area contributed by atoms with Crippen molar-refractivity contribution in [3.63, 3.8) is 0 Å². The number of methoxy groups -OCH3 is 1. The zero-order valence-corrected chi connectivity index (χ0v) is 13.2. The molecule has 116 valence electrons. The van der Waals surface area contributed by atoms with Crippen molar-refractivity contribution in [1.82, 2.24) is 0 Å². The van der Waals surface area contributed by atoms with Crippen molar-refractivity contribution in [3.05, 3.63) is 42.0 Å². The highest BCUT2D eigenvalue weighted by atomic mass is 32.2. The van der Waals surface area contributed by atoms with Crippen LogP contribution in [0.25, 0.3) is 0 Å². The van der Waals surface area contributed by atoms with E-state index < -0.39 is 16.0 Å². The molecule has 0 atom stereocenters. The molecule has 0 aliphatic rings. The minimum Gasteiger partial charge on any atom is -0.465 e. The number of esters is 1. The summed E-state index contributed by atoms with van der Waals surface area (Å²) in [5.74, 6) is -0.526. The van der Waals surface area contributed by atoms with Gasteiger partial charge in [0.1, 0.15) is 0 Å². The molecule has 0 aromatic heterocycles. The van der Waals surface area contributed by atoms with Gasteiger partial charge in [-0.1, -0.05) is 19.4 Å². The van der Waals surface area contributed by atoms with Crippen LogP contribution >= 0.6 is 0 Å². The van der Waals surface area contributed by atoms with Crippen LogP contribution in [0.3, 0.4) is 0 Å². The van der Waals surface area contributed by atoms with E-state index in [4.69, 9.17) is 0 Å². The molecule has 0 bridgehead atoms. The lowest BCUT2D eigenvalue weighted by molar-refractivity contribution is 0.0600. The summed E-state index contributed by atoms with van der Waals surface area (Å²) in [6.07, 6.45) is 3.57. The van der Waals surface area contributed by atoms with Crippen LogP contribution in [0.4, 0.5) is 5.69 Å². The number of carbonyl (C=O) groups is 1. The molecule has 1 N–H and O–H groups in total. The van der Waals surface area contributed by atoms with Crippen molar-refractivity contribution < 1.29 is 17.9 Å². The van der Waals surface area contributed by atoms with Crippen molar-refractivity contribution in [1.29, 1.82) is 0 Å². The molecule has 1 aromatic rings. The van der Waals surface area contributed by atoms with Crippen LogP contribution in [0.2, 0.25) is 0 Å². The first-order valence-electron chi connectivity index (χ1n) is 6.75. The van der Waals surface area contributed by atoms with E-state index >= 15 is 0 Å². The van der Waals surface area contributed by atoms with Crippen LogP contribution in [0.5, 0.6) is 0 Å². The average molecular weight is 311 g/mol. The smallest absolute Gasteiger partial charge is 0.337 e. The fraction of sp³-hybridized carbons (Fsp3) is 0.400. The number of nitrogens with one attached hydrogen (secondary N) is 1. The Labute approximate surface area is 126 Å². The van der Waals surface area contributed by atoms with Crippen LogP contribution in [0.15, 0.2) is 30.9 Å². The second-order valence-electron chi connectivity index (χ2n) is 4.66. The van der Waals surface area contributed by atoms with Gasteiger partial charge < -0.3 is 4.74 Å². The van der Waals surface area contributed by atoms with E-state index in [0.717, 1.165) is 18.4 Å². The van der Waals surface area contributed by atoms with Crippen molar-refractivity contribution in [2.75, 3.05) is 17.6 Å². The molecule has 1 rings (SSSR count). The Morgan fingerprint density at radius 2 is 2.10 bits per heavy atom. The molecule has 0 unspecified atom stereocenters. The summed E-state index contributed by atoms with van der Waals surface area (Å²) in [7, 11) is -2.16. The van der Waals surface area contributed by atoms with E-state index in [9.17, 15) is 13.2 Å². The molecular formula is C15H21NO4S. The van der Waals surface area contributed by atoms with E-state index in [1.54, 1.807) is 18.2 Å². The van der Waals surface area contributed by atoms with E-state index in [1.165, 1.54) is 13.2 Å². The second-order valence-corrected chi connectivity index (χ2v) is 6.50. The van der Waals surface area contributed by atoms with Crippen molar-refractivity contribution in [2.24, 2.45) is 0 Å². The van der Waals surface area contributed by atoms with Gasteiger partial charge in [-0.15, -0.1) is 6.58 Å². The molecule has 0 radical (unpaired) electrons. The van der Waals surface area contributed by atoms with Gasteiger partial charge in [0.25, 0.3) is 0 Å². The standard InChI is InChI=1S/C15H21NO4S/c1-4-6-8-21(18,19)16-14-10-12(7-5-2)9-13(11-14)15(17)20-3/h4,9-11,16H,1,5-8H2,2-3H3. The monoisotopic (exact) mass is 311 g/mol. The van der Waals surface area contributed by atoms with Gasteiger partial charge >= 0.3 is 5.97 Å². The summed E-state index contributed by atoms with van der Waals surface area (Å²) >= 11 is 0. The SMILES string of the molecule is C=CCCS(=O)(=O)Nc1cc(CCC)cc(C(=O)OC)c1. The van der Waals surface area contributed by atoms with Gasteiger partial charge in [0, 0.05) is 5.69 Å². The van der Waals surface area contributed by atoms with E-state index in [-0.39, 0.29) is 5.75 Å². The van der Waals surface area contributed by atoms with Gasteiger partial charge in [-0.05, 0) is 36.6 Å². The van der Waals surface area contributed by atoms with E-state index in [2.05, 4.69) is 16.0 Å². The quantitative estimate of drug-likeness (QED) is 0.592. The third-order valence-corrected chi connectivity index (χ3v) is 4.14. The topological polar surface area (TPSA) is 72.5 Å². The van der Waals surface area contributed by atoms with Crippen LogP contribution in [-0.2, 0) is 21.2 Å². The van der Waals surface area contributed by atoms with Gasteiger partial charge in [-0.3, -0.25) is 4.72 Å². The molecule has 0 amide bonds. The Bertz CT molecular complexity index is 608. The zero-order valence-electron chi connectivity index (χ0n) is 12.4. The van der Waals surface area contributed by atoms with Crippen molar-refractivity contribution >= 4 is 21.7 Å². The molecule has 1 aromatic carbocycles. The van der Waals surface area contributed by atoms with Crippen molar-refractivity contribution in [3.8, 4) is 0 Å². The Hall–Kier alpha value is -1.82. The number of sulfonamides is 1. The highest BCUT2D eigenvalue weighted by Gasteiger charge is 2.13. The summed E-state index contributed by atoms with van der Waals surface area (Å²) < 4.78 is 31.0. The lowest BCUT2D eigenvalue weighted by atomic mass is 10.1. The molecule has 0 saturated carbocycles. The lowest BCUT2D eigenvalue weighted by Gasteiger charge is -2.11. The number of hydrogen-bond acceptors (Lipinski definition) is 4. The van der Waals surface area contributed by atoms with Gasteiger partial charge in [-0.2, -0.15) is 0 Å². The number of rotatable bonds is 8. The third-order valence-electron chi connectivity index (χ3n) is 2.82. The number of carbonyl (C=O) groups excluding carboxylic acids is 1. The molecule has 21 heavy (non-hydrogen) atoms. The summed E-state index contributed by atoms with van der Waals surface area (Å²) in [5.41, 5.74) is 1.61. The predicted octanol–water partition coefficient (Wildman–Crippen LogP) is 2.74. The van der Waals surface area contributed by atoms with Crippen LogP contribution < -0.4 is 4.72 Å². The number of anilines is 1. The Kier molecular flexibility index (Phi) is 6.42. The maximum Gasteiger partial charge on any atom is 0.337 e. The fourth-order valence-electron chi connectivity index (χ4n) is 1.89. The van der Waals surface area contributed by atoms with E-state index in [0.29, 0.717) is 17.7 Å². The predicted molar refractivity (Wildman–Crippen MR) is 84.0 cm³/mol. The number of aryl methyl sites for hydroxylation is 1. The molecular weight excluding hydrogens is 290 g/mol. The highest BCUT2D eigenvalue weighted by Crippen LogP contribution is 2.19. The van der Waals surface area contributed by atoms with Gasteiger partial charge in [0.15, 0.2) is 0 Å². The largest absolute Gasteiger partial charge is 0.465 e. The molecule has 0 aliphatic carbocycles. The number of ether oxygens (including phenoxy) is 1. The summed E-state index contributed by atoms with van der Waals surface area (Å²) in [6.45, 7) is 5.52. The molecule has 0 saturated heterocycles. The molecule has 6 heteroatoms. The number of allylic oxidation sites excluding steroid dienone is 1. The summed E-state index contributed by atoms with van der Waals surface area (Å²) in [5, 5.41) is 0. The Morgan fingerprint density at radius 3 is 2.67 bits per heavy atom. The minimum atomic E-state index is -3.45. The summed E-state index contributed by atoms with van der Waals surface area (Å²) in [6, 6.07) is 4.94. The molecule has 0 heterocycles. The van der Waals surface area contributed by atoms with Gasteiger partial charge in [0.2, 0.25) is 10.0 Å². The highest BCUT2D eigenvalue weighted by molar-refractivity contribution is 7.92. The number of hydrogen-bond donors (Lipinski definition) is 1. The van der Waals surface area contributed by atoms with Crippen molar-refractivity contribution in [2.45, 2.75) is 26.2 Å². The van der Waals surface area contributed by atoms with Gasteiger partial charge in [-0.25, -0.2) is 13.2 Å². The first kappa shape index (κ1) is 17.2. The molecule has 0 spiro atoms. The fourth-order valence-corrected chi connectivity index (χ4v) is 2.94. The minimum absolute atomic E-state index is 0.0396. The number of benzene rings is 1. The Morgan fingerprint density at radius 1 is 1.38 bits per heavy atom. The summed E-state index contributed by atoms with van der Waals surface area (Å²) in [4.78, 5) is 11.6. The van der Waals surface area contributed by atoms with Crippen LogP contribution in [0, 0.1) is 0 Å². The maximum absolute atomic E-state index is 11.9. The first-order chi connectivity index (χ1) is 9.91. The maximum atomic E-state index is 11.9. The Balaban J connectivity index is 3.07. The molecule has 0 aliphatic heterocycles. The molecule has 5 nitrogen and oxygen atoms in total. The second kappa shape index (κ2) is 7.83. The lowest BCUT2D eigenvalue weighted by Crippen LogP contribution is -2.17. The van der Waals surface area contributed by atoms with Crippen LogP contribution in [0.1, 0.15) is 35.7 Å². The third kappa shape index (κ3) is 5.59.